The molecule has 1 saturated heterocycles. The Kier molecular flexibility index (Phi) is 6.15. The summed E-state index contributed by atoms with van der Waals surface area (Å²) in [6.07, 6.45) is 2.24. The third kappa shape index (κ3) is 5.20. The van der Waals surface area contributed by atoms with Gasteiger partial charge in [-0.05, 0) is 45.1 Å². The van der Waals surface area contributed by atoms with E-state index in [0.29, 0.717) is 0 Å². The number of likely N-dealkylation sites (tertiary alicyclic amines) is 1. The molecule has 0 atom stereocenters. The van der Waals surface area contributed by atoms with E-state index in [2.05, 4.69) is 0 Å². The fourth-order valence-electron chi connectivity index (χ4n) is 3.05. The number of hydrogen-bond acceptors (Lipinski definition) is 3. The molecule has 0 spiro atoms. The number of carbonyl (C=O) groups excluding carboxylic acids is 2. The highest BCUT2D eigenvalue weighted by atomic mass is 19.1. The Hall–Kier alpha value is -3.28. The Morgan fingerprint density at radius 1 is 0.900 bits per heavy atom. The van der Waals surface area contributed by atoms with Gasteiger partial charge in [-0.15, -0.1) is 0 Å². The predicted octanol–water partition coefficient (Wildman–Crippen LogP) is 5.25. The molecule has 0 aliphatic carbocycles. The fourth-order valence-corrected chi connectivity index (χ4v) is 3.05. The molecule has 0 bridgehead atoms. The highest BCUT2D eigenvalue weighted by Gasteiger charge is 2.32. The molecule has 1 aliphatic rings. The number of hydrogen-bond donors (Lipinski definition) is 0. The van der Waals surface area contributed by atoms with Gasteiger partial charge in [0.15, 0.2) is 5.78 Å². The lowest BCUT2D eigenvalue weighted by atomic mass is 9.94. The predicted molar refractivity (Wildman–Crippen MR) is 112 cm³/mol. The zero-order chi connectivity index (χ0) is 21.9. The van der Waals surface area contributed by atoms with Crippen LogP contribution in [0, 0.1) is 11.6 Å². The standard InChI is InChI=1S/C24H23F2NO3/c1-24(2,3)30-23(29)27-14-18(12-16-8-4-6-10-20(16)25)22(28)19(15-27)13-17-9-5-7-11-21(17)26/h4-13H,14-15H2,1-3H3. The Morgan fingerprint density at radius 3 is 1.73 bits per heavy atom. The van der Waals surface area contributed by atoms with Gasteiger partial charge in [-0.3, -0.25) is 9.69 Å². The second kappa shape index (κ2) is 8.61. The van der Waals surface area contributed by atoms with Crippen LogP contribution in [0.3, 0.4) is 0 Å². The quantitative estimate of drug-likeness (QED) is 0.634. The summed E-state index contributed by atoms with van der Waals surface area (Å²) in [4.78, 5) is 27.0. The van der Waals surface area contributed by atoms with Gasteiger partial charge in [0.1, 0.15) is 17.2 Å². The first-order valence-corrected chi connectivity index (χ1v) is 9.57. The summed E-state index contributed by atoms with van der Waals surface area (Å²) in [6, 6.07) is 12.1. The van der Waals surface area contributed by atoms with Gasteiger partial charge in [-0.1, -0.05) is 36.4 Å². The number of ketones is 1. The van der Waals surface area contributed by atoms with Crippen molar-refractivity contribution in [1.82, 2.24) is 4.90 Å². The number of benzene rings is 2. The van der Waals surface area contributed by atoms with E-state index in [-0.39, 0.29) is 41.1 Å². The van der Waals surface area contributed by atoms with Crippen molar-refractivity contribution in [2.45, 2.75) is 26.4 Å². The van der Waals surface area contributed by atoms with E-state index in [0.717, 1.165) is 0 Å². The maximum Gasteiger partial charge on any atom is 0.410 e. The van der Waals surface area contributed by atoms with Gasteiger partial charge in [-0.2, -0.15) is 0 Å². The first-order valence-electron chi connectivity index (χ1n) is 9.57. The second-order valence-electron chi connectivity index (χ2n) is 8.05. The minimum absolute atomic E-state index is 0.0311. The summed E-state index contributed by atoms with van der Waals surface area (Å²) in [5.41, 5.74) is 0.192. The summed E-state index contributed by atoms with van der Waals surface area (Å²) in [5.74, 6) is -1.32. The minimum atomic E-state index is -0.719. The van der Waals surface area contributed by atoms with Crippen LogP contribution < -0.4 is 0 Å². The first-order chi connectivity index (χ1) is 14.1. The molecular formula is C24H23F2NO3. The van der Waals surface area contributed by atoms with Gasteiger partial charge in [0.2, 0.25) is 0 Å². The molecule has 3 rings (SSSR count). The summed E-state index contributed by atoms with van der Waals surface area (Å²) in [6.45, 7) is 5.16. The molecule has 0 unspecified atom stereocenters. The molecule has 4 nitrogen and oxygen atoms in total. The number of amides is 1. The van der Waals surface area contributed by atoms with Crippen LogP contribution in [-0.4, -0.2) is 35.5 Å². The summed E-state index contributed by atoms with van der Waals surface area (Å²) in [5, 5.41) is 0. The van der Waals surface area contributed by atoms with Gasteiger partial charge in [0.25, 0.3) is 0 Å². The molecular weight excluding hydrogens is 388 g/mol. The van der Waals surface area contributed by atoms with E-state index in [1.165, 1.54) is 29.2 Å². The third-order valence-electron chi connectivity index (χ3n) is 4.43. The van der Waals surface area contributed by atoms with Crippen LogP contribution in [0.4, 0.5) is 13.6 Å². The van der Waals surface area contributed by atoms with Crippen molar-refractivity contribution in [3.8, 4) is 0 Å². The van der Waals surface area contributed by atoms with Crippen LogP contribution in [0.1, 0.15) is 31.9 Å². The molecule has 2 aromatic rings. The first kappa shape index (κ1) is 21.4. The molecule has 1 amide bonds. The van der Waals surface area contributed by atoms with Gasteiger partial charge in [-0.25, -0.2) is 13.6 Å². The van der Waals surface area contributed by atoms with Crippen molar-refractivity contribution in [2.24, 2.45) is 0 Å². The van der Waals surface area contributed by atoms with Gasteiger partial charge in [0.05, 0.1) is 13.1 Å². The lowest BCUT2D eigenvalue weighted by molar-refractivity contribution is -0.113. The number of carbonyl (C=O) groups is 2. The van der Waals surface area contributed by atoms with Crippen LogP contribution in [0.5, 0.6) is 0 Å². The van der Waals surface area contributed by atoms with Crippen molar-refractivity contribution >= 4 is 24.0 Å². The zero-order valence-electron chi connectivity index (χ0n) is 17.1. The average Bonchev–Trinajstić information content (AvgIpc) is 2.66. The van der Waals surface area contributed by atoms with Crippen LogP contribution in [-0.2, 0) is 9.53 Å². The van der Waals surface area contributed by atoms with Crippen molar-refractivity contribution in [1.29, 1.82) is 0 Å². The molecule has 0 aromatic heterocycles. The Bertz CT molecular complexity index is 967. The van der Waals surface area contributed by atoms with E-state index < -0.39 is 23.3 Å². The minimum Gasteiger partial charge on any atom is -0.444 e. The summed E-state index contributed by atoms with van der Waals surface area (Å²) >= 11 is 0. The molecule has 0 radical (unpaired) electrons. The molecule has 1 aliphatic heterocycles. The molecule has 156 valence electrons. The average molecular weight is 411 g/mol. The highest BCUT2D eigenvalue weighted by Crippen LogP contribution is 2.25. The molecule has 0 saturated carbocycles. The van der Waals surface area contributed by atoms with E-state index in [4.69, 9.17) is 4.74 Å². The molecule has 2 aromatic carbocycles. The van der Waals surface area contributed by atoms with E-state index in [1.807, 2.05) is 0 Å². The van der Waals surface area contributed by atoms with Crippen molar-refractivity contribution in [3.63, 3.8) is 0 Å². The Balaban J connectivity index is 2.02. The van der Waals surface area contributed by atoms with Gasteiger partial charge < -0.3 is 4.74 Å². The van der Waals surface area contributed by atoms with E-state index in [1.54, 1.807) is 57.2 Å². The zero-order valence-corrected chi connectivity index (χ0v) is 17.1. The molecule has 1 heterocycles. The smallest absolute Gasteiger partial charge is 0.410 e. The van der Waals surface area contributed by atoms with Crippen molar-refractivity contribution in [2.75, 3.05) is 13.1 Å². The highest BCUT2D eigenvalue weighted by molar-refractivity contribution is 6.15. The second-order valence-corrected chi connectivity index (χ2v) is 8.05. The number of ether oxygens (including phenoxy) is 1. The maximum atomic E-state index is 14.1. The van der Waals surface area contributed by atoms with E-state index >= 15 is 0 Å². The summed E-state index contributed by atoms with van der Waals surface area (Å²) < 4.78 is 33.7. The Labute approximate surface area is 174 Å². The monoisotopic (exact) mass is 411 g/mol. The largest absolute Gasteiger partial charge is 0.444 e. The van der Waals surface area contributed by atoms with Gasteiger partial charge >= 0.3 is 6.09 Å². The SMILES string of the molecule is CC(C)(C)OC(=O)N1CC(=Cc2ccccc2F)C(=O)C(=Cc2ccccc2F)C1. The maximum absolute atomic E-state index is 14.1. The lowest BCUT2D eigenvalue weighted by Crippen LogP contribution is -2.44. The lowest BCUT2D eigenvalue weighted by Gasteiger charge is -2.32. The normalized spacial score (nSPS) is 17.5. The van der Waals surface area contributed by atoms with Crippen molar-refractivity contribution in [3.05, 3.63) is 82.4 Å². The number of Topliss-reactive ketones (excluding diaryl/α,β-unsaturated/α-hetero) is 1. The molecule has 1 fully saturated rings. The number of halogens is 2. The number of nitrogens with zero attached hydrogens (tertiary/aromatic N) is 1. The number of piperidine rings is 1. The van der Waals surface area contributed by atoms with E-state index in [9.17, 15) is 18.4 Å². The van der Waals surface area contributed by atoms with Crippen LogP contribution in [0.15, 0.2) is 59.7 Å². The third-order valence-corrected chi connectivity index (χ3v) is 4.43. The number of rotatable bonds is 2. The van der Waals surface area contributed by atoms with Crippen LogP contribution in [0.2, 0.25) is 0 Å². The molecule has 0 N–H and O–H groups in total. The molecule has 6 heteroatoms. The van der Waals surface area contributed by atoms with Crippen LogP contribution in [0.25, 0.3) is 12.2 Å². The van der Waals surface area contributed by atoms with Crippen molar-refractivity contribution < 1.29 is 23.1 Å². The summed E-state index contributed by atoms with van der Waals surface area (Å²) in [7, 11) is 0. The van der Waals surface area contributed by atoms with Gasteiger partial charge in [0, 0.05) is 22.3 Å². The molecule has 30 heavy (non-hydrogen) atoms. The topological polar surface area (TPSA) is 46.6 Å². The van der Waals surface area contributed by atoms with Crippen LogP contribution >= 0.6 is 0 Å². The Morgan fingerprint density at radius 2 is 1.33 bits per heavy atom. The fraction of sp³-hybridized carbons (Fsp3) is 0.250.